The normalized spacial score (nSPS) is 29.0. The van der Waals surface area contributed by atoms with Gasteiger partial charge in [0.05, 0.1) is 42.1 Å². The summed E-state index contributed by atoms with van der Waals surface area (Å²) in [5.74, 6) is 1.23. The van der Waals surface area contributed by atoms with Gasteiger partial charge in [-0.3, -0.25) is 10.3 Å². The van der Waals surface area contributed by atoms with E-state index in [1.54, 1.807) is 6.07 Å². The molecule has 0 amide bonds. The third-order valence-electron chi connectivity index (χ3n) is 5.24. The number of rotatable bonds is 3. The van der Waals surface area contributed by atoms with Gasteiger partial charge in [0, 0.05) is 12.6 Å². The van der Waals surface area contributed by atoms with Crippen LogP contribution in [0.15, 0.2) is 28.2 Å². The minimum atomic E-state index is -4.61. The van der Waals surface area contributed by atoms with Crippen LogP contribution >= 0.6 is 0 Å². The van der Waals surface area contributed by atoms with Crippen LogP contribution in [0.4, 0.5) is 18.9 Å². The topological polar surface area (TPSA) is 76.2 Å². The van der Waals surface area contributed by atoms with Gasteiger partial charge in [0.1, 0.15) is 5.84 Å². The van der Waals surface area contributed by atoms with Gasteiger partial charge < -0.3 is 4.74 Å². The van der Waals surface area contributed by atoms with Crippen LogP contribution in [0.1, 0.15) is 17.5 Å². The molecule has 1 aromatic rings. The van der Waals surface area contributed by atoms with E-state index in [4.69, 9.17) is 10.00 Å². The van der Waals surface area contributed by atoms with Gasteiger partial charge in [-0.1, -0.05) is 0 Å². The summed E-state index contributed by atoms with van der Waals surface area (Å²) in [5.41, 5.74) is 1.94. The molecule has 7 nitrogen and oxygen atoms in total. The third kappa shape index (κ3) is 2.83. The molecule has 0 aromatic heterocycles. The maximum absolute atomic E-state index is 13.3. The smallest absolute Gasteiger partial charge is 0.375 e. The fourth-order valence-corrected chi connectivity index (χ4v) is 3.83. The van der Waals surface area contributed by atoms with E-state index in [9.17, 15) is 13.2 Å². The lowest BCUT2D eigenvalue weighted by atomic mass is 10.1. The fraction of sp³-hybridized carbons (Fsp3) is 0.471. The lowest BCUT2D eigenvalue weighted by molar-refractivity contribution is -0.137. The summed E-state index contributed by atoms with van der Waals surface area (Å²) >= 11 is 0. The van der Waals surface area contributed by atoms with Crippen LogP contribution in [0.5, 0.6) is 0 Å². The van der Waals surface area contributed by atoms with Crippen molar-refractivity contribution in [2.24, 2.45) is 9.98 Å². The van der Waals surface area contributed by atoms with Crippen molar-refractivity contribution in [3.8, 4) is 6.07 Å². The van der Waals surface area contributed by atoms with Crippen LogP contribution in [0.25, 0.3) is 0 Å². The van der Waals surface area contributed by atoms with E-state index in [0.29, 0.717) is 30.9 Å². The van der Waals surface area contributed by atoms with Crippen LogP contribution in [-0.2, 0) is 10.9 Å². The number of halogens is 3. The zero-order chi connectivity index (χ0) is 18.8. The van der Waals surface area contributed by atoms with Gasteiger partial charge in [0.25, 0.3) is 0 Å². The van der Waals surface area contributed by atoms with Gasteiger partial charge >= 0.3 is 6.18 Å². The highest BCUT2D eigenvalue weighted by Crippen LogP contribution is 2.35. The first-order chi connectivity index (χ1) is 12.9. The van der Waals surface area contributed by atoms with Gasteiger partial charge in [0.15, 0.2) is 5.84 Å². The quantitative estimate of drug-likeness (QED) is 0.866. The number of aliphatic imine (C=N–C) groups is 2. The number of hydrogen-bond acceptors (Lipinski definition) is 7. The molecule has 10 heteroatoms. The number of amidine groups is 2. The number of nitrogens with zero attached hydrogens (tertiary/aromatic N) is 5. The molecule has 2 fully saturated rings. The second-order valence-corrected chi connectivity index (χ2v) is 6.99. The highest BCUT2D eigenvalue weighted by molar-refractivity contribution is 6.11. The largest absolute Gasteiger partial charge is 0.417 e. The lowest BCUT2D eigenvalue weighted by Crippen LogP contribution is -2.54. The Morgan fingerprint density at radius 3 is 2.85 bits per heavy atom. The Hall–Kier alpha value is -2.64. The van der Waals surface area contributed by atoms with E-state index in [2.05, 4.69) is 20.3 Å². The second-order valence-electron chi connectivity index (χ2n) is 6.99. The average molecular weight is 376 g/mol. The first-order valence-electron chi connectivity index (χ1n) is 8.60. The van der Waals surface area contributed by atoms with E-state index in [0.717, 1.165) is 19.0 Å². The molecule has 140 valence electrons. The molecular formula is C17H15F3N6O. The van der Waals surface area contributed by atoms with Crippen LogP contribution in [0.3, 0.4) is 0 Å². The third-order valence-corrected chi connectivity index (χ3v) is 5.24. The highest BCUT2D eigenvalue weighted by Gasteiger charge is 2.43. The predicted octanol–water partition coefficient (Wildman–Crippen LogP) is 1.51. The molecule has 4 aliphatic heterocycles. The predicted molar refractivity (Wildman–Crippen MR) is 90.1 cm³/mol. The summed E-state index contributed by atoms with van der Waals surface area (Å²) in [6, 6.07) is 5.56. The molecule has 0 spiro atoms. The Morgan fingerprint density at radius 2 is 2.19 bits per heavy atom. The van der Waals surface area contributed by atoms with E-state index in [1.165, 1.54) is 17.1 Å². The first kappa shape index (κ1) is 16.5. The molecule has 1 N–H and O–H groups in total. The monoisotopic (exact) mass is 376 g/mol. The van der Waals surface area contributed by atoms with E-state index in [1.807, 2.05) is 0 Å². The van der Waals surface area contributed by atoms with Gasteiger partial charge in [-0.15, -0.1) is 0 Å². The molecule has 2 saturated heterocycles. The molecule has 4 heterocycles. The Balaban J connectivity index is 1.46. The van der Waals surface area contributed by atoms with Gasteiger partial charge in [-0.05, 0) is 24.6 Å². The fourth-order valence-electron chi connectivity index (χ4n) is 3.83. The molecule has 0 saturated carbocycles. The number of hydrazine groups is 1. The molecule has 27 heavy (non-hydrogen) atoms. The number of fused-ring (bicyclic) bond motifs is 3. The molecule has 2 bridgehead atoms. The van der Waals surface area contributed by atoms with Gasteiger partial charge in [-0.25, -0.2) is 15.0 Å². The molecule has 4 aliphatic rings. The van der Waals surface area contributed by atoms with E-state index < -0.39 is 17.3 Å². The summed E-state index contributed by atoms with van der Waals surface area (Å²) in [6.07, 6.45) is -3.67. The molecule has 1 aromatic carbocycles. The number of nitriles is 1. The summed E-state index contributed by atoms with van der Waals surface area (Å²) in [5, 5.41) is 10.5. The Labute approximate surface area is 152 Å². The Morgan fingerprint density at radius 1 is 1.33 bits per heavy atom. The number of likely N-dealkylation sites (tertiary alicyclic amines) is 1. The van der Waals surface area contributed by atoms with Crippen molar-refractivity contribution >= 4 is 17.4 Å². The lowest BCUT2D eigenvalue weighted by Gasteiger charge is -2.33. The second kappa shape index (κ2) is 5.68. The van der Waals surface area contributed by atoms with Crippen LogP contribution < -0.4 is 10.4 Å². The highest BCUT2D eigenvalue weighted by atomic mass is 19.4. The standard InChI is InChI=1S/C17H15F3N6O/c18-17(19,20)13-4-10(2-1-9(13)5-21)26-14(22-15-16(23-15)24-26)7-25-6-12-3-11(25)8-27-12/h1-2,4,11-12,15H,3,6-8H2,(H,23,24)/t11-,12-,15?/m0/s1. The van der Waals surface area contributed by atoms with Crippen molar-refractivity contribution in [2.75, 3.05) is 24.7 Å². The number of hydrogen-bond donors (Lipinski definition) is 1. The van der Waals surface area contributed by atoms with Crippen molar-refractivity contribution in [3.63, 3.8) is 0 Å². The van der Waals surface area contributed by atoms with E-state index >= 15 is 0 Å². The van der Waals surface area contributed by atoms with Crippen LogP contribution in [0.2, 0.25) is 0 Å². The maximum Gasteiger partial charge on any atom is 0.417 e. The molecule has 0 radical (unpaired) electrons. The summed E-state index contributed by atoms with van der Waals surface area (Å²) in [7, 11) is 0. The molecule has 5 rings (SSSR count). The number of ether oxygens (including phenoxy) is 1. The minimum absolute atomic E-state index is 0.222. The first-order valence-corrected chi connectivity index (χ1v) is 8.60. The van der Waals surface area contributed by atoms with Crippen LogP contribution in [-0.4, -0.2) is 54.6 Å². The summed E-state index contributed by atoms with van der Waals surface area (Å²) in [6.45, 7) is 1.96. The Bertz CT molecular complexity index is 905. The molecule has 3 atom stereocenters. The van der Waals surface area contributed by atoms with Gasteiger partial charge in [0.2, 0.25) is 6.17 Å². The van der Waals surface area contributed by atoms with Crippen molar-refractivity contribution in [1.82, 2.24) is 10.3 Å². The van der Waals surface area contributed by atoms with Crippen molar-refractivity contribution in [3.05, 3.63) is 29.3 Å². The molecule has 0 aliphatic carbocycles. The molecule has 1 unspecified atom stereocenters. The summed E-state index contributed by atoms with van der Waals surface area (Å²) in [4.78, 5) is 10.9. The number of anilines is 1. The number of nitrogens with one attached hydrogen (secondary N) is 1. The number of benzene rings is 1. The summed E-state index contributed by atoms with van der Waals surface area (Å²) < 4.78 is 45.6. The average Bonchev–Trinajstić information content (AvgIpc) is 3.07. The minimum Gasteiger partial charge on any atom is -0.375 e. The van der Waals surface area contributed by atoms with Gasteiger partial charge in [-0.2, -0.15) is 18.4 Å². The van der Waals surface area contributed by atoms with Crippen molar-refractivity contribution in [1.29, 1.82) is 5.26 Å². The van der Waals surface area contributed by atoms with Crippen molar-refractivity contribution < 1.29 is 17.9 Å². The SMILES string of the molecule is N#Cc1ccc(N2NC3=NC3N=C2CN2C[C@@H]3C[C@H]2CO3)cc1C(F)(F)F. The maximum atomic E-state index is 13.3. The molecular weight excluding hydrogens is 361 g/mol. The van der Waals surface area contributed by atoms with E-state index in [-0.39, 0.29) is 18.0 Å². The zero-order valence-electron chi connectivity index (χ0n) is 14.1. The number of morpholine rings is 1. The zero-order valence-corrected chi connectivity index (χ0v) is 14.1. The van der Waals surface area contributed by atoms with Crippen molar-refractivity contribution in [2.45, 2.75) is 30.9 Å². The number of alkyl halides is 3. The Kier molecular flexibility index (Phi) is 3.47. The van der Waals surface area contributed by atoms with Crippen LogP contribution in [0, 0.1) is 11.3 Å².